The Bertz CT molecular complexity index is 680. The van der Waals surface area contributed by atoms with Gasteiger partial charge in [-0.25, -0.2) is 0 Å². The molecule has 3 N–H and O–H groups in total. The molecule has 1 aromatic carbocycles. The van der Waals surface area contributed by atoms with Gasteiger partial charge in [-0.2, -0.15) is 23.8 Å². The fraction of sp³-hybridized carbons (Fsp3) is 0.444. The van der Waals surface area contributed by atoms with Gasteiger partial charge in [-0.15, -0.1) is 5.39 Å². The Balaban J connectivity index is 0.00000123. The molecule has 1 amide bonds. The number of rotatable bonds is 6. The number of unbranched alkanes of at least 4 members (excludes halogenated alkanes) is 2. The molecular weight excluding hydrogens is 315 g/mol. The van der Waals surface area contributed by atoms with Crippen LogP contribution < -0.4 is 35.3 Å². The van der Waals surface area contributed by atoms with Gasteiger partial charge >= 0.3 is 29.6 Å². The molecule has 0 spiro atoms. The van der Waals surface area contributed by atoms with Gasteiger partial charge in [-0.3, -0.25) is 9.59 Å². The van der Waals surface area contributed by atoms with Crippen molar-refractivity contribution in [1.29, 1.82) is 0 Å². The van der Waals surface area contributed by atoms with Crippen LogP contribution in [0, 0.1) is 13.0 Å². The van der Waals surface area contributed by atoms with E-state index in [-0.39, 0.29) is 41.9 Å². The molecule has 0 aliphatic heterocycles. The van der Waals surface area contributed by atoms with Gasteiger partial charge in [-0.05, 0) is 25.5 Å². The van der Waals surface area contributed by atoms with Crippen LogP contribution in [0.3, 0.4) is 0 Å². The Hall–Kier alpha value is -1.30. The summed E-state index contributed by atoms with van der Waals surface area (Å²) < 4.78 is 2.19. The monoisotopic (exact) mass is 340 g/mol. The normalized spacial score (nSPS) is 9.79. The van der Waals surface area contributed by atoms with E-state index >= 15 is 0 Å². The van der Waals surface area contributed by atoms with E-state index in [4.69, 9.17) is 15.6 Å². The molecule has 24 heavy (non-hydrogen) atoms. The summed E-state index contributed by atoms with van der Waals surface area (Å²) in [6.45, 7) is 3.97. The average molecular weight is 340 g/mol. The topological polar surface area (TPSA) is 85.3 Å². The van der Waals surface area contributed by atoms with Crippen molar-refractivity contribution in [3.8, 4) is 0 Å². The predicted octanol–water partition coefficient (Wildman–Crippen LogP) is -0.248. The molecule has 1 heterocycles. The van der Waals surface area contributed by atoms with Crippen molar-refractivity contribution >= 4 is 23.3 Å². The zero-order chi connectivity index (χ0) is 17.4. The summed E-state index contributed by atoms with van der Waals surface area (Å²) >= 11 is 0. The van der Waals surface area contributed by atoms with Crippen molar-refractivity contribution in [2.24, 2.45) is 12.8 Å². The first kappa shape index (κ1) is 22.7. The third-order valence-electron chi connectivity index (χ3n) is 3.88. The summed E-state index contributed by atoms with van der Waals surface area (Å²) in [5, 5.41) is 8.04. The number of benzene rings is 1. The van der Waals surface area contributed by atoms with Crippen molar-refractivity contribution in [2.75, 3.05) is 0 Å². The van der Waals surface area contributed by atoms with Crippen molar-refractivity contribution in [2.45, 2.75) is 46.0 Å². The summed E-state index contributed by atoms with van der Waals surface area (Å²) in [4.78, 5) is 19.8. The number of nitrogens with zero attached hydrogens (tertiary/aromatic N) is 1. The van der Waals surface area contributed by atoms with Crippen LogP contribution in [-0.2, 0) is 29.5 Å². The van der Waals surface area contributed by atoms with Crippen LogP contribution in [0.2, 0.25) is 0 Å². The number of nitrogens with two attached hydrogens (primary N) is 1. The van der Waals surface area contributed by atoms with Gasteiger partial charge in [0.1, 0.15) is 0 Å². The SMILES string of the molecule is CCCCCc1c(CC(N)=O)c2cc(C)[c-]cc2n1C.O=CO.[Na+]. The van der Waals surface area contributed by atoms with Gasteiger partial charge in [0.15, 0.2) is 0 Å². The summed E-state index contributed by atoms with van der Waals surface area (Å²) in [5.74, 6) is -0.264. The second-order valence-corrected chi connectivity index (χ2v) is 5.60. The summed E-state index contributed by atoms with van der Waals surface area (Å²) in [7, 11) is 2.07. The molecule has 0 fully saturated rings. The second-order valence-electron chi connectivity index (χ2n) is 5.60. The van der Waals surface area contributed by atoms with E-state index in [1.54, 1.807) is 0 Å². The first-order valence-electron chi connectivity index (χ1n) is 7.80. The molecule has 2 rings (SSSR count). The van der Waals surface area contributed by atoms with Crippen LogP contribution in [0.4, 0.5) is 0 Å². The quantitative estimate of drug-likeness (QED) is 0.329. The van der Waals surface area contributed by atoms with E-state index in [2.05, 4.69) is 30.7 Å². The molecule has 0 saturated heterocycles. The molecule has 0 radical (unpaired) electrons. The number of carbonyl (C=O) groups is 2. The van der Waals surface area contributed by atoms with Crippen molar-refractivity contribution < 1.29 is 44.3 Å². The number of fused-ring (bicyclic) bond motifs is 1. The summed E-state index contributed by atoms with van der Waals surface area (Å²) in [6.07, 6.45) is 4.88. The van der Waals surface area contributed by atoms with E-state index < -0.39 is 0 Å². The third kappa shape index (κ3) is 5.96. The van der Waals surface area contributed by atoms with E-state index in [1.165, 1.54) is 18.5 Å². The molecule has 0 aliphatic rings. The Kier molecular flexibility index (Phi) is 10.7. The maximum atomic E-state index is 11.4. The minimum Gasteiger partial charge on any atom is -0.483 e. The van der Waals surface area contributed by atoms with Gasteiger partial charge in [-0.1, -0.05) is 32.2 Å². The number of primary amides is 1. The Morgan fingerprint density at radius 1 is 1.42 bits per heavy atom. The minimum absolute atomic E-state index is 0. The van der Waals surface area contributed by atoms with Crippen LogP contribution in [-0.4, -0.2) is 22.1 Å². The van der Waals surface area contributed by atoms with Crippen LogP contribution in [0.15, 0.2) is 12.1 Å². The van der Waals surface area contributed by atoms with E-state index in [1.807, 2.05) is 13.0 Å². The fourth-order valence-electron chi connectivity index (χ4n) is 2.85. The molecule has 0 bridgehead atoms. The maximum absolute atomic E-state index is 11.4. The number of carboxylic acid groups (broad SMARTS) is 1. The maximum Gasteiger partial charge on any atom is 1.00 e. The Morgan fingerprint density at radius 2 is 2.04 bits per heavy atom. The molecule has 0 aliphatic carbocycles. The third-order valence-corrected chi connectivity index (χ3v) is 3.88. The predicted molar refractivity (Wildman–Crippen MR) is 91.3 cm³/mol. The number of hydrogen-bond acceptors (Lipinski definition) is 2. The molecular formula is C18H25N2NaO3. The first-order chi connectivity index (χ1) is 11.0. The standard InChI is InChI=1S/C17H23N2O.CH2O2.Na/c1-4-5-6-7-15-14(11-17(18)20)13-10-12(2)8-9-16(13)19(15)3;2-1-3;/h9-10H,4-7,11H2,1-3H3,(H2,18,20);1H,(H,2,3);/q-1;;+1. The van der Waals surface area contributed by atoms with Gasteiger partial charge < -0.3 is 15.4 Å². The summed E-state index contributed by atoms with van der Waals surface area (Å²) in [6, 6.07) is 7.36. The Labute approximate surface area is 165 Å². The van der Waals surface area contributed by atoms with Gasteiger partial charge in [0.25, 0.3) is 6.47 Å². The Morgan fingerprint density at radius 3 is 2.58 bits per heavy atom. The smallest absolute Gasteiger partial charge is 0.483 e. The average Bonchev–Trinajstić information content (AvgIpc) is 2.73. The molecule has 0 saturated carbocycles. The zero-order valence-electron chi connectivity index (χ0n) is 15.1. The first-order valence-corrected chi connectivity index (χ1v) is 7.80. The van der Waals surface area contributed by atoms with Gasteiger partial charge in [0, 0.05) is 5.69 Å². The van der Waals surface area contributed by atoms with Crippen molar-refractivity contribution in [1.82, 2.24) is 4.57 Å². The molecule has 1 aromatic heterocycles. The molecule has 6 heteroatoms. The fourth-order valence-corrected chi connectivity index (χ4v) is 2.85. The molecule has 0 atom stereocenters. The van der Waals surface area contributed by atoms with Crippen LogP contribution in [0.5, 0.6) is 0 Å². The van der Waals surface area contributed by atoms with Gasteiger partial charge in [0.2, 0.25) is 5.91 Å². The van der Waals surface area contributed by atoms with Crippen molar-refractivity contribution in [3.05, 3.63) is 35.0 Å². The van der Waals surface area contributed by atoms with E-state index in [0.29, 0.717) is 6.42 Å². The number of amides is 1. The van der Waals surface area contributed by atoms with Crippen molar-refractivity contribution in [3.63, 3.8) is 0 Å². The zero-order valence-corrected chi connectivity index (χ0v) is 17.1. The number of aromatic nitrogens is 1. The van der Waals surface area contributed by atoms with Crippen LogP contribution in [0.25, 0.3) is 10.9 Å². The van der Waals surface area contributed by atoms with E-state index in [0.717, 1.165) is 34.9 Å². The number of hydrogen-bond donors (Lipinski definition) is 2. The number of carbonyl (C=O) groups excluding carboxylic acids is 1. The molecule has 0 unspecified atom stereocenters. The van der Waals surface area contributed by atoms with Gasteiger partial charge in [0.05, 0.1) is 6.42 Å². The molecule has 2 aromatic rings. The van der Waals surface area contributed by atoms with Crippen LogP contribution in [0.1, 0.15) is 43.0 Å². The van der Waals surface area contributed by atoms with Crippen LogP contribution >= 0.6 is 0 Å². The molecule has 5 nitrogen and oxygen atoms in total. The largest absolute Gasteiger partial charge is 1.00 e. The minimum atomic E-state index is -0.264. The van der Waals surface area contributed by atoms with E-state index in [9.17, 15) is 4.79 Å². The summed E-state index contributed by atoms with van der Waals surface area (Å²) in [5.41, 5.74) is 10.0. The second kappa shape index (κ2) is 11.3. The molecule has 126 valence electrons. The number of aryl methyl sites for hydroxylation is 2.